The van der Waals surface area contributed by atoms with Crippen molar-refractivity contribution in [2.75, 3.05) is 25.2 Å². The highest BCUT2D eigenvalue weighted by atomic mass is 32.2. The Kier molecular flexibility index (Phi) is 6.31. The third kappa shape index (κ3) is 5.27. The number of benzene rings is 1. The average Bonchev–Trinajstić information content (AvgIpc) is 2.39. The van der Waals surface area contributed by atoms with Gasteiger partial charge in [0, 0.05) is 48.0 Å². The third-order valence-corrected chi connectivity index (χ3v) is 3.72. The van der Waals surface area contributed by atoms with E-state index < -0.39 is 15.7 Å². The normalized spacial score (nSPS) is 12.1. The van der Waals surface area contributed by atoms with Crippen molar-refractivity contribution in [2.45, 2.75) is 6.42 Å². The van der Waals surface area contributed by atoms with Crippen molar-refractivity contribution < 1.29 is 18.7 Å². The molecule has 0 saturated carbocycles. The monoisotopic (exact) mass is 285 g/mol. The number of hydrogen-bond acceptors (Lipinski definition) is 5. The van der Waals surface area contributed by atoms with E-state index in [1.807, 2.05) is 0 Å². The minimum Gasteiger partial charge on any atom is -0.385 e. The Morgan fingerprint density at radius 1 is 1.47 bits per heavy atom. The summed E-state index contributed by atoms with van der Waals surface area (Å²) in [6, 6.07) is 5.45. The van der Waals surface area contributed by atoms with E-state index in [2.05, 4.69) is 0 Å². The maximum atomic E-state index is 11.8. The minimum absolute atomic E-state index is 0.120. The van der Waals surface area contributed by atoms with Gasteiger partial charge >= 0.3 is 0 Å². The summed E-state index contributed by atoms with van der Waals surface area (Å²) in [5.41, 5.74) is 0.0744. The van der Waals surface area contributed by atoms with Gasteiger partial charge in [-0.05, 0) is 6.42 Å². The van der Waals surface area contributed by atoms with Crippen molar-refractivity contribution in [3.63, 3.8) is 0 Å². The minimum atomic E-state index is -1.27. The number of methoxy groups -OCH3 is 1. The topological polar surface area (TPSA) is 86.5 Å². The highest BCUT2D eigenvalue weighted by Gasteiger charge is 2.14. The Hall–Kier alpha value is -1.60. The lowest BCUT2D eigenvalue weighted by Gasteiger charge is -2.02. The molecule has 6 nitrogen and oxygen atoms in total. The van der Waals surface area contributed by atoms with Crippen molar-refractivity contribution in [3.05, 3.63) is 39.9 Å². The second-order valence-electron chi connectivity index (χ2n) is 3.87. The van der Waals surface area contributed by atoms with Gasteiger partial charge in [0.15, 0.2) is 5.78 Å². The van der Waals surface area contributed by atoms with E-state index in [-0.39, 0.29) is 22.8 Å². The Balaban J connectivity index is 2.60. The van der Waals surface area contributed by atoms with Crippen LogP contribution in [0, 0.1) is 10.1 Å². The van der Waals surface area contributed by atoms with Crippen LogP contribution in [0.1, 0.15) is 16.8 Å². The van der Waals surface area contributed by atoms with Crippen LogP contribution in [0.25, 0.3) is 0 Å². The van der Waals surface area contributed by atoms with Gasteiger partial charge in [-0.25, -0.2) is 0 Å². The highest BCUT2D eigenvalue weighted by molar-refractivity contribution is 7.85. The van der Waals surface area contributed by atoms with Gasteiger partial charge in [-0.1, -0.05) is 12.1 Å². The molecule has 0 aromatic heterocycles. The molecule has 0 amide bonds. The molecule has 0 spiro atoms. The predicted octanol–water partition coefficient (Wildman–Crippen LogP) is 1.56. The summed E-state index contributed by atoms with van der Waals surface area (Å²) in [4.78, 5) is 21.8. The molecule has 0 aliphatic rings. The molecule has 1 atom stereocenters. The van der Waals surface area contributed by atoms with Crippen LogP contribution in [0.15, 0.2) is 24.3 Å². The van der Waals surface area contributed by atoms with E-state index in [0.717, 1.165) is 0 Å². The number of ether oxygens (including phenoxy) is 1. The third-order valence-electron chi connectivity index (χ3n) is 2.39. The quantitative estimate of drug-likeness (QED) is 0.313. The lowest BCUT2D eigenvalue weighted by molar-refractivity contribution is -0.384. The van der Waals surface area contributed by atoms with Crippen molar-refractivity contribution in [1.82, 2.24) is 0 Å². The zero-order valence-electron chi connectivity index (χ0n) is 10.5. The molecule has 0 fully saturated rings. The molecular formula is C12H15NO5S. The number of nitro benzene ring substituents is 1. The molecule has 0 radical (unpaired) electrons. The number of rotatable bonds is 8. The van der Waals surface area contributed by atoms with Crippen LogP contribution in [0.2, 0.25) is 0 Å². The van der Waals surface area contributed by atoms with E-state index in [9.17, 15) is 19.1 Å². The molecule has 1 rings (SSSR count). The van der Waals surface area contributed by atoms with Crippen LogP contribution < -0.4 is 0 Å². The molecule has 7 heteroatoms. The Bertz CT molecular complexity index is 489. The second kappa shape index (κ2) is 7.75. The summed E-state index contributed by atoms with van der Waals surface area (Å²) in [5.74, 6) is -0.0844. The second-order valence-corrected chi connectivity index (χ2v) is 5.44. The number of ketones is 1. The van der Waals surface area contributed by atoms with Gasteiger partial charge in [0.05, 0.1) is 10.7 Å². The van der Waals surface area contributed by atoms with Crippen LogP contribution in [0.5, 0.6) is 0 Å². The average molecular weight is 285 g/mol. The zero-order chi connectivity index (χ0) is 14.3. The van der Waals surface area contributed by atoms with Gasteiger partial charge in [0.1, 0.15) is 0 Å². The summed E-state index contributed by atoms with van der Waals surface area (Å²) < 4.78 is 16.5. The zero-order valence-corrected chi connectivity index (χ0v) is 11.4. The fourth-order valence-electron chi connectivity index (χ4n) is 1.46. The van der Waals surface area contributed by atoms with Crippen molar-refractivity contribution in [2.24, 2.45) is 0 Å². The summed E-state index contributed by atoms with van der Waals surface area (Å²) in [6.07, 6.45) is 0.616. The molecule has 104 valence electrons. The molecule has 0 heterocycles. The SMILES string of the molecule is COCCCS(=O)CC(=O)c1cccc([N+](=O)[O-])c1. The van der Waals surface area contributed by atoms with Gasteiger partial charge in [0.2, 0.25) is 0 Å². The summed E-state index contributed by atoms with van der Waals surface area (Å²) in [5, 5.41) is 10.6. The van der Waals surface area contributed by atoms with Crippen LogP contribution in [-0.4, -0.2) is 40.1 Å². The molecule has 1 unspecified atom stereocenters. The molecule has 0 aliphatic heterocycles. The maximum Gasteiger partial charge on any atom is 0.270 e. The van der Waals surface area contributed by atoms with Crippen LogP contribution in [-0.2, 0) is 15.5 Å². The summed E-state index contributed by atoms with van der Waals surface area (Å²) in [6.45, 7) is 0.497. The lowest BCUT2D eigenvalue weighted by Crippen LogP contribution is -2.14. The molecule has 1 aromatic carbocycles. The number of nitro groups is 1. The molecule has 1 aromatic rings. The van der Waals surface area contributed by atoms with Crippen LogP contribution >= 0.6 is 0 Å². The van der Waals surface area contributed by atoms with Crippen molar-refractivity contribution in [3.8, 4) is 0 Å². The highest BCUT2D eigenvalue weighted by Crippen LogP contribution is 2.13. The van der Waals surface area contributed by atoms with Crippen LogP contribution in [0.4, 0.5) is 5.69 Å². The van der Waals surface area contributed by atoms with Crippen LogP contribution in [0.3, 0.4) is 0 Å². The summed E-state index contributed by atoms with van der Waals surface area (Å²) in [7, 11) is 0.284. The molecule has 19 heavy (non-hydrogen) atoms. The molecule has 0 N–H and O–H groups in total. The first-order valence-electron chi connectivity index (χ1n) is 5.66. The van der Waals surface area contributed by atoms with E-state index in [1.165, 1.54) is 24.3 Å². The number of Topliss-reactive ketones (excluding diaryl/α,β-unsaturated/α-hetero) is 1. The van der Waals surface area contributed by atoms with Gasteiger partial charge in [-0.15, -0.1) is 0 Å². The van der Waals surface area contributed by atoms with Crippen molar-refractivity contribution >= 4 is 22.3 Å². The lowest BCUT2D eigenvalue weighted by atomic mass is 10.1. The smallest absolute Gasteiger partial charge is 0.270 e. The molecule has 0 bridgehead atoms. The van der Waals surface area contributed by atoms with Gasteiger partial charge in [0.25, 0.3) is 5.69 Å². The van der Waals surface area contributed by atoms with Crippen molar-refractivity contribution in [1.29, 1.82) is 0 Å². The number of non-ortho nitro benzene ring substituents is 1. The first-order valence-corrected chi connectivity index (χ1v) is 7.15. The Morgan fingerprint density at radius 2 is 2.21 bits per heavy atom. The van der Waals surface area contributed by atoms with E-state index in [1.54, 1.807) is 7.11 Å². The summed E-state index contributed by atoms with van der Waals surface area (Å²) >= 11 is 0. The Labute approximate surface area is 113 Å². The first kappa shape index (κ1) is 15.5. The number of nitrogens with zero attached hydrogens (tertiary/aromatic N) is 1. The van der Waals surface area contributed by atoms with Gasteiger partial charge in [-0.3, -0.25) is 19.1 Å². The van der Waals surface area contributed by atoms with E-state index in [4.69, 9.17) is 4.74 Å². The number of carbonyl (C=O) groups excluding carboxylic acids is 1. The standard InChI is InChI=1S/C12H15NO5S/c1-18-6-3-7-19(17)9-12(14)10-4-2-5-11(8-10)13(15)16/h2,4-5,8H,3,6-7,9H2,1H3. The largest absolute Gasteiger partial charge is 0.385 e. The van der Waals surface area contributed by atoms with Gasteiger partial charge in [-0.2, -0.15) is 0 Å². The Morgan fingerprint density at radius 3 is 2.84 bits per heavy atom. The first-order chi connectivity index (χ1) is 9.04. The molecule has 0 saturated heterocycles. The molecule has 0 aliphatic carbocycles. The number of carbonyl (C=O) groups is 1. The fourth-order valence-corrected chi connectivity index (χ4v) is 2.50. The van der Waals surface area contributed by atoms with E-state index >= 15 is 0 Å². The van der Waals surface area contributed by atoms with Gasteiger partial charge < -0.3 is 4.74 Å². The van der Waals surface area contributed by atoms with E-state index in [0.29, 0.717) is 18.8 Å². The fraction of sp³-hybridized carbons (Fsp3) is 0.417. The predicted molar refractivity (Wildman–Crippen MR) is 71.8 cm³/mol. The number of hydrogen-bond donors (Lipinski definition) is 0. The molecular weight excluding hydrogens is 270 g/mol. The maximum absolute atomic E-state index is 11.8.